The topological polar surface area (TPSA) is 66.4 Å². The first-order valence-corrected chi connectivity index (χ1v) is 4.68. The normalized spacial score (nSPS) is 12.0. The van der Waals surface area contributed by atoms with E-state index < -0.39 is 12.0 Å². The van der Waals surface area contributed by atoms with Gasteiger partial charge in [-0.25, -0.2) is 0 Å². The molecule has 2 N–H and O–H groups in total. The van der Waals surface area contributed by atoms with Crippen molar-refractivity contribution in [2.24, 2.45) is 0 Å². The maximum Gasteiger partial charge on any atom is 0.321 e. The summed E-state index contributed by atoms with van der Waals surface area (Å²) in [6.07, 6.45) is 0.596. The molecule has 0 aliphatic carbocycles. The van der Waals surface area contributed by atoms with Crippen molar-refractivity contribution in [3.8, 4) is 0 Å². The Labute approximate surface area is 87.9 Å². The van der Waals surface area contributed by atoms with Gasteiger partial charge in [-0.15, -0.1) is 0 Å². The summed E-state index contributed by atoms with van der Waals surface area (Å²) >= 11 is 0. The van der Waals surface area contributed by atoms with Gasteiger partial charge in [0.1, 0.15) is 12.3 Å². The average Bonchev–Trinajstić information content (AvgIpc) is 2.25. The lowest BCUT2D eigenvalue weighted by Crippen LogP contribution is -2.36. The number of carboxylic acids is 1. The van der Waals surface area contributed by atoms with Crippen molar-refractivity contribution in [2.45, 2.75) is 19.0 Å². The molecule has 80 valence electrons. The van der Waals surface area contributed by atoms with Crippen LogP contribution in [0, 0.1) is 0 Å². The molecule has 0 radical (unpaired) electrons. The number of benzene rings is 1. The van der Waals surface area contributed by atoms with Gasteiger partial charge in [0.25, 0.3) is 0 Å². The van der Waals surface area contributed by atoms with Gasteiger partial charge in [0.2, 0.25) is 0 Å². The molecule has 0 saturated heterocycles. The van der Waals surface area contributed by atoms with Crippen LogP contribution in [0.3, 0.4) is 0 Å². The Bertz CT molecular complexity index is 324. The molecule has 0 spiro atoms. The smallest absolute Gasteiger partial charge is 0.321 e. The Morgan fingerprint density at radius 1 is 1.40 bits per heavy atom. The number of rotatable bonds is 6. The Kier molecular flexibility index (Phi) is 4.50. The molecule has 0 aliphatic rings. The Morgan fingerprint density at radius 3 is 2.60 bits per heavy atom. The summed E-state index contributed by atoms with van der Waals surface area (Å²) < 4.78 is 0. The predicted molar refractivity (Wildman–Crippen MR) is 55.4 cm³/mol. The number of carbonyl (C=O) groups is 2. The highest BCUT2D eigenvalue weighted by Gasteiger charge is 2.15. The minimum atomic E-state index is -1.00. The van der Waals surface area contributed by atoms with Crippen molar-refractivity contribution in [2.75, 3.05) is 0 Å². The molecule has 1 aromatic rings. The van der Waals surface area contributed by atoms with Gasteiger partial charge in [-0.2, -0.15) is 0 Å². The number of hydrogen-bond acceptors (Lipinski definition) is 3. The Balaban J connectivity index is 2.47. The lowest BCUT2D eigenvalue weighted by Gasteiger charge is -2.11. The van der Waals surface area contributed by atoms with Gasteiger partial charge >= 0.3 is 5.97 Å². The van der Waals surface area contributed by atoms with E-state index in [-0.39, 0.29) is 6.42 Å². The van der Waals surface area contributed by atoms with Gasteiger partial charge in [-0.05, 0) is 5.56 Å². The van der Waals surface area contributed by atoms with E-state index in [1.54, 1.807) is 0 Å². The van der Waals surface area contributed by atoms with Gasteiger partial charge in [0.15, 0.2) is 0 Å². The molecule has 0 amide bonds. The van der Waals surface area contributed by atoms with E-state index in [2.05, 4.69) is 5.32 Å². The fourth-order valence-corrected chi connectivity index (χ4v) is 1.20. The van der Waals surface area contributed by atoms with Crippen LogP contribution in [0.5, 0.6) is 0 Å². The van der Waals surface area contributed by atoms with Gasteiger partial charge < -0.3 is 9.90 Å². The maximum atomic E-state index is 10.7. The number of carboxylic acid groups (broad SMARTS) is 1. The van der Waals surface area contributed by atoms with Crippen LogP contribution in [0.2, 0.25) is 0 Å². The van der Waals surface area contributed by atoms with Gasteiger partial charge in [0, 0.05) is 13.0 Å². The number of aliphatic carboxylic acids is 1. The molecule has 1 rings (SSSR count). The molecule has 0 bridgehead atoms. The summed E-state index contributed by atoms with van der Waals surface area (Å²) in [5.74, 6) is -1.00. The molecule has 1 unspecified atom stereocenters. The van der Waals surface area contributed by atoms with E-state index in [4.69, 9.17) is 5.11 Å². The van der Waals surface area contributed by atoms with E-state index in [1.807, 2.05) is 30.3 Å². The Hall–Kier alpha value is -1.68. The zero-order chi connectivity index (χ0) is 11.1. The molecular formula is C11H13NO3. The Morgan fingerprint density at radius 2 is 2.07 bits per heavy atom. The highest BCUT2D eigenvalue weighted by molar-refractivity contribution is 5.76. The van der Waals surface area contributed by atoms with Gasteiger partial charge in [-0.3, -0.25) is 10.1 Å². The standard InChI is InChI=1S/C11H13NO3/c13-7-6-10(11(14)15)12-8-9-4-2-1-3-5-9/h1-5,7,10,12H,6,8H2,(H,14,15). The highest BCUT2D eigenvalue weighted by atomic mass is 16.4. The number of nitrogens with one attached hydrogen (secondary N) is 1. The second kappa shape index (κ2) is 5.93. The fourth-order valence-electron chi connectivity index (χ4n) is 1.20. The minimum Gasteiger partial charge on any atom is -0.480 e. The largest absolute Gasteiger partial charge is 0.480 e. The van der Waals surface area contributed by atoms with Crippen LogP contribution in [0.15, 0.2) is 30.3 Å². The number of aldehydes is 1. The maximum absolute atomic E-state index is 10.7. The van der Waals surface area contributed by atoms with Crippen LogP contribution in [0.25, 0.3) is 0 Å². The average molecular weight is 207 g/mol. The molecular weight excluding hydrogens is 194 g/mol. The van der Waals surface area contributed by atoms with E-state index in [0.29, 0.717) is 12.8 Å². The third-order valence-electron chi connectivity index (χ3n) is 2.03. The second-order valence-electron chi connectivity index (χ2n) is 3.16. The molecule has 0 fully saturated rings. The third kappa shape index (κ3) is 3.91. The SMILES string of the molecule is O=CCC(NCc1ccccc1)C(=O)O. The van der Waals surface area contributed by atoms with Crippen molar-refractivity contribution in [1.82, 2.24) is 5.32 Å². The molecule has 4 heteroatoms. The summed E-state index contributed by atoms with van der Waals surface area (Å²) in [4.78, 5) is 20.9. The van der Waals surface area contributed by atoms with Crippen LogP contribution in [-0.2, 0) is 16.1 Å². The van der Waals surface area contributed by atoms with Crippen LogP contribution in [-0.4, -0.2) is 23.4 Å². The summed E-state index contributed by atoms with van der Waals surface area (Å²) in [6.45, 7) is 0.450. The summed E-state index contributed by atoms with van der Waals surface area (Å²) in [7, 11) is 0. The number of carbonyl (C=O) groups excluding carboxylic acids is 1. The van der Waals surface area contributed by atoms with Crippen molar-refractivity contribution in [3.05, 3.63) is 35.9 Å². The monoisotopic (exact) mass is 207 g/mol. The molecule has 4 nitrogen and oxygen atoms in total. The summed E-state index contributed by atoms with van der Waals surface area (Å²) in [5, 5.41) is 11.6. The van der Waals surface area contributed by atoms with Crippen LogP contribution in [0.1, 0.15) is 12.0 Å². The van der Waals surface area contributed by atoms with Crippen molar-refractivity contribution in [3.63, 3.8) is 0 Å². The number of hydrogen-bond donors (Lipinski definition) is 2. The van der Waals surface area contributed by atoms with Gasteiger partial charge in [0.05, 0.1) is 0 Å². The van der Waals surface area contributed by atoms with E-state index in [9.17, 15) is 9.59 Å². The molecule has 0 heterocycles. The fraction of sp³-hybridized carbons (Fsp3) is 0.273. The molecule has 15 heavy (non-hydrogen) atoms. The second-order valence-corrected chi connectivity index (χ2v) is 3.16. The zero-order valence-electron chi connectivity index (χ0n) is 8.22. The van der Waals surface area contributed by atoms with E-state index in [1.165, 1.54) is 0 Å². The molecule has 0 aromatic heterocycles. The zero-order valence-corrected chi connectivity index (χ0v) is 8.22. The molecule has 0 saturated carbocycles. The first kappa shape index (κ1) is 11.4. The lowest BCUT2D eigenvalue weighted by molar-refractivity contribution is -0.140. The molecule has 1 atom stereocenters. The van der Waals surface area contributed by atoms with Crippen LogP contribution >= 0.6 is 0 Å². The lowest BCUT2D eigenvalue weighted by atomic mass is 10.2. The summed E-state index contributed by atoms with van der Waals surface area (Å²) in [6, 6.07) is 8.64. The van der Waals surface area contributed by atoms with Crippen LogP contribution < -0.4 is 5.32 Å². The molecule has 0 aliphatic heterocycles. The minimum absolute atomic E-state index is 0.0117. The molecule has 1 aromatic carbocycles. The van der Waals surface area contributed by atoms with E-state index in [0.717, 1.165) is 5.56 Å². The third-order valence-corrected chi connectivity index (χ3v) is 2.03. The van der Waals surface area contributed by atoms with Crippen molar-refractivity contribution in [1.29, 1.82) is 0 Å². The van der Waals surface area contributed by atoms with Crippen molar-refractivity contribution < 1.29 is 14.7 Å². The first-order valence-electron chi connectivity index (χ1n) is 4.68. The highest BCUT2D eigenvalue weighted by Crippen LogP contribution is 1.99. The van der Waals surface area contributed by atoms with Gasteiger partial charge in [-0.1, -0.05) is 30.3 Å². The van der Waals surface area contributed by atoms with Crippen LogP contribution in [0.4, 0.5) is 0 Å². The quantitative estimate of drug-likeness (QED) is 0.678. The van der Waals surface area contributed by atoms with E-state index >= 15 is 0 Å². The summed E-state index contributed by atoms with van der Waals surface area (Å²) in [5.41, 5.74) is 0.995. The van der Waals surface area contributed by atoms with Crippen molar-refractivity contribution >= 4 is 12.3 Å². The predicted octanol–water partition coefficient (Wildman–Crippen LogP) is 0.818. The first-order chi connectivity index (χ1) is 7.24.